The van der Waals surface area contributed by atoms with Gasteiger partial charge in [-0.25, -0.2) is 52.7 Å². The van der Waals surface area contributed by atoms with Gasteiger partial charge in [-0.1, -0.05) is 0 Å². The lowest BCUT2D eigenvalue weighted by Crippen LogP contribution is -2.19. The molecule has 0 spiro atoms. The van der Waals surface area contributed by atoms with E-state index in [1.165, 1.54) is 0 Å². The molecule has 0 amide bonds. The molecular weight excluding hydrogens is 679 g/mol. The number of allylic oxidation sites excluding steroid dienone is 4. The molecule has 0 heterocycles. The minimum atomic E-state index is -6.10. The highest BCUT2D eigenvalue weighted by Crippen LogP contribution is 2.55. The second kappa shape index (κ2) is 11.3. The Morgan fingerprint density at radius 1 is 0.596 bits per heavy atom. The SMILES string of the molecule is N#C/C(=C1C(C(=N)c2c(F)c(F)c(C(F)(F)F)c(F)c2F)=C/1C(C#N)c1c(F)c(F)c(N)c(F)c1F)c1c(F)c(F)c(N)c(F)c1F. The first-order valence-corrected chi connectivity index (χ1v) is 11.7. The number of benzene rings is 3. The molecule has 1 unspecified atom stereocenters. The van der Waals surface area contributed by atoms with Gasteiger partial charge in [0.1, 0.15) is 28.9 Å². The second-order valence-electron chi connectivity index (χ2n) is 9.22. The van der Waals surface area contributed by atoms with Crippen LogP contribution >= 0.6 is 0 Å². The van der Waals surface area contributed by atoms with Gasteiger partial charge in [-0.2, -0.15) is 23.7 Å². The van der Waals surface area contributed by atoms with Crippen LogP contribution in [-0.2, 0) is 6.18 Å². The van der Waals surface area contributed by atoms with Crippen LogP contribution in [-0.4, -0.2) is 5.71 Å². The van der Waals surface area contributed by atoms with E-state index in [-0.39, 0.29) is 0 Å². The highest BCUT2D eigenvalue weighted by atomic mass is 19.4. The number of nitrogens with two attached hydrogens (primary N) is 2. The number of alkyl halides is 3. The number of nitrogen functional groups attached to an aromatic ring is 2. The zero-order valence-electron chi connectivity index (χ0n) is 21.8. The topological polar surface area (TPSA) is 123 Å². The molecule has 3 aromatic carbocycles. The molecule has 3 aromatic rings. The van der Waals surface area contributed by atoms with Crippen LogP contribution < -0.4 is 11.5 Å². The molecule has 244 valence electrons. The third-order valence-corrected chi connectivity index (χ3v) is 6.72. The largest absolute Gasteiger partial charge is 0.422 e. The number of hydrogen-bond donors (Lipinski definition) is 3. The van der Waals surface area contributed by atoms with E-state index in [2.05, 4.69) is 0 Å². The van der Waals surface area contributed by atoms with E-state index >= 15 is 0 Å². The Hall–Kier alpha value is -5.66. The van der Waals surface area contributed by atoms with E-state index in [4.69, 9.17) is 16.9 Å². The first-order valence-electron chi connectivity index (χ1n) is 11.7. The standard InChI is InChI=1S/C27H6F15N5/c28-12-7(13(29)21(37)25(46)20(12)36)3(1-43)5-6(4(2-44)8-14(30)22(38)26(47)23(39)15(8)31)9(5)24(45)10-16(32)18(34)11(27(40,41)42)19(35)17(10)33/h3,45H,46-47H2/b6-4-,45-24?. The van der Waals surface area contributed by atoms with Crippen molar-refractivity contribution in [3.8, 4) is 12.1 Å². The van der Waals surface area contributed by atoms with Gasteiger partial charge in [-0.15, -0.1) is 0 Å². The molecule has 4 rings (SSSR count). The number of nitrogens with zero attached hydrogens (tertiary/aromatic N) is 2. The van der Waals surface area contributed by atoms with Crippen LogP contribution in [0.15, 0.2) is 16.7 Å². The van der Waals surface area contributed by atoms with Crippen molar-refractivity contribution in [2.75, 3.05) is 11.5 Å². The Kier molecular flexibility index (Phi) is 8.22. The normalized spacial score (nSPS) is 14.6. The summed E-state index contributed by atoms with van der Waals surface area (Å²) in [6.07, 6.45) is -6.10. The van der Waals surface area contributed by atoms with E-state index in [9.17, 15) is 76.4 Å². The van der Waals surface area contributed by atoms with Gasteiger partial charge < -0.3 is 11.5 Å². The molecule has 20 heteroatoms. The summed E-state index contributed by atoms with van der Waals surface area (Å²) in [5.41, 5.74) is -11.8. The number of anilines is 2. The summed E-state index contributed by atoms with van der Waals surface area (Å²) in [6, 6.07) is 1.89. The highest BCUT2D eigenvalue weighted by Gasteiger charge is 2.49. The Bertz CT molecular complexity index is 2030. The van der Waals surface area contributed by atoms with Crippen LogP contribution in [0.25, 0.3) is 5.57 Å². The molecule has 1 aliphatic rings. The third kappa shape index (κ3) is 4.87. The van der Waals surface area contributed by atoms with E-state index in [1.54, 1.807) is 0 Å². The van der Waals surface area contributed by atoms with Gasteiger partial charge in [-0.05, 0) is 5.57 Å². The van der Waals surface area contributed by atoms with Crippen molar-refractivity contribution >= 4 is 22.7 Å². The maximum Gasteiger partial charge on any atom is 0.422 e. The zero-order chi connectivity index (χ0) is 35.8. The third-order valence-electron chi connectivity index (χ3n) is 6.72. The minimum absolute atomic E-state index is 0.912. The van der Waals surface area contributed by atoms with Crippen LogP contribution in [0, 0.1) is 97.9 Å². The molecule has 0 saturated heterocycles. The zero-order valence-corrected chi connectivity index (χ0v) is 21.8. The summed E-state index contributed by atoms with van der Waals surface area (Å²) in [5, 5.41) is 27.5. The molecule has 0 aliphatic heterocycles. The average molecular weight is 685 g/mol. The molecule has 0 bridgehead atoms. The van der Waals surface area contributed by atoms with Crippen molar-refractivity contribution in [1.82, 2.24) is 0 Å². The molecule has 47 heavy (non-hydrogen) atoms. The van der Waals surface area contributed by atoms with Gasteiger partial charge in [0.05, 0.1) is 34.0 Å². The number of halogens is 15. The Morgan fingerprint density at radius 2 is 0.979 bits per heavy atom. The van der Waals surface area contributed by atoms with Crippen molar-refractivity contribution in [2.45, 2.75) is 12.1 Å². The lowest BCUT2D eigenvalue weighted by Gasteiger charge is -2.14. The predicted molar refractivity (Wildman–Crippen MR) is 127 cm³/mol. The van der Waals surface area contributed by atoms with Gasteiger partial charge in [-0.3, -0.25) is 5.41 Å². The van der Waals surface area contributed by atoms with Crippen LogP contribution in [0.4, 0.5) is 77.2 Å². The van der Waals surface area contributed by atoms with Gasteiger partial charge in [0, 0.05) is 11.1 Å². The first kappa shape index (κ1) is 34.2. The van der Waals surface area contributed by atoms with Crippen molar-refractivity contribution in [1.29, 1.82) is 15.9 Å². The summed E-state index contributed by atoms with van der Waals surface area (Å²) in [5.74, 6) is -34.7. The second-order valence-corrected chi connectivity index (χ2v) is 9.22. The van der Waals surface area contributed by atoms with Crippen LogP contribution in [0.3, 0.4) is 0 Å². The van der Waals surface area contributed by atoms with Crippen molar-refractivity contribution < 1.29 is 65.9 Å². The monoisotopic (exact) mass is 685 g/mol. The molecule has 0 aromatic heterocycles. The summed E-state index contributed by atoms with van der Waals surface area (Å²) >= 11 is 0. The summed E-state index contributed by atoms with van der Waals surface area (Å²) in [6.45, 7) is 0. The maximum absolute atomic E-state index is 14.9. The Balaban J connectivity index is 2.17. The smallest absolute Gasteiger partial charge is 0.394 e. The van der Waals surface area contributed by atoms with Gasteiger partial charge >= 0.3 is 6.18 Å². The lowest BCUT2D eigenvalue weighted by atomic mass is 9.93. The molecule has 5 nitrogen and oxygen atoms in total. The molecule has 1 aliphatic carbocycles. The van der Waals surface area contributed by atoms with Gasteiger partial charge in [0.2, 0.25) is 0 Å². The molecular formula is C27H6F15N5. The Morgan fingerprint density at radius 3 is 1.34 bits per heavy atom. The van der Waals surface area contributed by atoms with Gasteiger partial charge in [0.15, 0.2) is 69.8 Å². The number of nitrogens with one attached hydrogen (secondary N) is 1. The Labute approximate surface area is 249 Å². The van der Waals surface area contributed by atoms with E-state index in [0.717, 1.165) is 12.1 Å². The van der Waals surface area contributed by atoms with Crippen molar-refractivity contribution in [3.05, 3.63) is 109 Å². The number of hydrogen-bond acceptors (Lipinski definition) is 5. The molecule has 0 saturated carbocycles. The van der Waals surface area contributed by atoms with Crippen molar-refractivity contribution in [3.63, 3.8) is 0 Å². The molecule has 1 atom stereocenters. The fraction of sp³-hybridized carbons (Fsp3) is 0.0741. The summed E-state index contributed by atoms with van der Waals surface area (Å²) < 4.78 is 214. The van der Waals surface area contributed by atoms with Gasteiger partial charge in [0.25, 0.3) is 0 Å². The van der Waals surface area contributed by atoms with E-state index in [0.29, 0.717) is 0 Å². The minimum Gasteiger partial charge on any atom is -0.394 e. The number of rotatable bonds is 5. The average Bonchev–Trinajstić information content (AvgIpc) is 3.74. The van der Waals surface area contributed by atoms with Crippen LogP contribution in [0.2, 0.25) is 0 Å². The predicted octanol–water partition coefficient (Wildman–Crippen LogP) is 7.50. The molecule has 5 N–H and O–H groups in total. The quantitative estimate of drug-likeness (QED) is 0.0847. The van der Waals surface area contributed by atoms with Crippen LogP contribution in [0.1, 0.15) is 28.2 Å². The highest BCUT2D eigenvalue weighted by molar-refractivity contribution is 6.23. The van der Waals surface area contributed by atoms with Crippen LogP contribution in [0.5, 0.6) is 0 Å². The summed E-state index contributed by atoms with van der Waals surface area (Å²) in [4.78, 5) is 0. The molecule has 0 radical (unpaired) electrons. The van der Waals surface area contributed by atoms with Crippen molar-refractivity contribution in [2.24, 2.45) is 0 Å². The van der Waals surface area contributed by atoms with E-state index < -0.39 is 144 Å². The van der Waals surface area contributed by atoms with E-state index in [1.807, 2.05) is 0 Å². The molecule has 0 fully saturated rings. The number of nitriles is 2. The lowest BCUT2D eigenvalue weighted by molar-refractivity contribution is -0.143. The fourth-order valence-corrected chi connectivity index (χ4v) is 4.53. The fourth-order valence-electron chi connectivity index (χ4n) is 4.53. The first-order chi connectivity index (χ1) is 21.7. The summed E-state index contributed by atoms with van der Waals surface area (Å²) in [7, 11) is 0. The maximum atomic E-state index is 14.9.